The Morgan fingerprint density at radius 1 is 0.946 bits per heavy atom. The number of fused-ring (bicyclic) bond motifs is 1. The number of likely N-dealkylation sites (tertiary alicyclic amines) is 1. The van der Waals surface area contributed by atoms with E-state index in [-0.39, 0.29) is 0 Å². The lowest BCUT2D eigenvalue weighted by Gasteiger charge is -2.31. The number of hydrogen-bond acceptors (Lipinski definition) is 4. The lowest BCUT2D eigenvalue weighted by atomic mass is 9.97. The number of aliphatic carboxylic acids is 1. The van der Waals surface area contributed by atoms with Gasteiger partial charge < -0.3 is 15.2 Å². The van der Waals surface area contributed by atoms with E-state index >= 15 is 0 Å². The van der Waals surface area contributed by atoms with Gasteiger partial charge in [-0.15, -0.1) is 0 Å². The molecule has 0 bridgehead atoms. The van der Waals surface area contributed by atoms with E-state index in [2.05, 4.69) is 64.5 Å². The SMILES string of the molecule is O=C(O)C(F)(F)F.OCC1CCN(Cc2ccc(-c3cccc(-c4nc5ccccc5[nH]4)c3)cc2)CC1. The van der Waals surface area contributed by atoms with Crippen molar-refractivity contribution in [1.29, 1.82) is 0 Å². The molecule has 0 unspecified atom stereocenters. The van der Waals surface area contributed by atoms with E-state index in [0.29, 0.717) is 12.5 Å². The van der Waals surface area contributed by atoms with Gasteiger partial charge in [-0.05, 0) is 66.7 Å². The first-order valence-corrected chi connectivity index (χ1v) is 12.0. The highest BCUT2D eigenvalue weighted by Gasteiger charge is 2.38. The van der Waals surface area contributed by atoms with Crippen molar-refractivity contribution in [2.24, 2.45) is 5.92 Å². The van der Waals surface area contributed by atoms with Gasteiger partial charge >= 0.3 is 12.1 Å². The summed E-state index contributed by atoms with van der Waals surface area (Å²) in [5, 5.41) is 16.4. The average Bonchev–Trinajstić information content (AvgIpc) is 3.34. The second kappa shape index (κ2) is 11.6. The number of alkyl halides is 3. The van der Waals surface area contributed by atoms with Gasteiger partial charge in [-0.3, -0.25) is 4.90 Å². The number of carbonyl (C=O) groups is 1. The number of nitrogens with one attached hydrogen (secondary N) is 1. The summed E-state index contributed by atoms with van der Waals surface area (Å²) in [5.41, 5.74) is 6.91. The summed E-state index contributed by atoms with van der Waals surface area (Å²) in [4.78, 5) is 19.5. The summed E-state index contributed by atoms with van der Waals surface area (Å²) in [6, 6.07) is 25.6. The van der Waals surface area contributed by atoms with E-state index in [0.717, 1.165) is 54.9 Å². The number of nitrogens with zero attached hydrogens (tertiary/aromatic N) is 2. The molecule has 0 atom stereocenters. The minimum Gasteiger partial charge on any atom is -0.475 e. The van der Waals surface area contributed by atoms with Gasteiger partial charge in [0.2, 0.25) is 0 Å². The molecule has 194 valence electrons. The molecule has 1 aliphatic heterocycles. The first-order chi connectivity index (χ1) is 17.7. The molecule has 4 aromatic rings. The quantitative estimate of drug-likeness (QED) is 0.318. The molecule has 0 spiro atoms. The minimum atomic E-state index is -5.08. The molecule has 1 fully saturated rings. The summed E-state index contributed by atoms with van der Waals surface area (Å²) in [7, 11) is 0. The molecule has 6 nitrogen and oxygen atoms in total. The number of aromatic nitrogens is 2. The van der Waals surface area contributed by atoms with Crippen LogP contribution < -0.4 is 0 Å². The molecule has 3 aromatic carbocycles. The maximum Gasteiger partial charge on any atom is 0.490 e. The summed E-state index contributed by atoms with van der Waals surface area (Å²) < 4.78 is 31.7. The molecule has 5 rings (SSSR count). The fraction of sp³-hybridized carbons (Fsp3) is 0.286. The van der Waals surface area contributed by atoms with Crippen molar-refractivity contribution in [2.75, 3.05) is 19.7 Å². The minimum absolute atomic E-state index is 0.329. The Kier molecular flexibility index (Phi) is 8.25. The van der Waals surface area contributed by atoms with E-state index in [4.69, 9.17) is 14.9 Å². The zero-order valence-electron chi connectivity index (χ0n) is 20.1. The van der Waals surface area contributed by atoms with Crippen molar-refractivity contribution in [2.45, 2.75) is 25.6 Å². The third-order valence-corrected chi connectivity index (χ3v) is 6.43. The van der Waals surface area contributed by atoms with Gasteiger partial charge in [0.15, 0.2) is 0 Å². The van der Waals surface area contributed by atoms with Crippen molar-refractivity contribution < 1.29 is 28.2 Å². The lowest BCUT2D eigenvalue weighted by Crippen LogP contribution is -2.34. The molecule has 2 heterocycles. The highest BCUT2D eigenvalue weighted by Crippen LogP contribution is 2.27. The molecule has 1 aliphatic rings. The first kappa shape index (κ1) is 26.4. The number of piperidine rings is 1. The molecule has 37 heavy (non-hydrogen) atoms. The standard InChI is InChI=1S/C26H27N3O.C2HF3O2/c30-18-20-12-14-29(15-13-20)17-19-8-10-21(11-9-19)22-4-3-5-23(16-22)26-27-24-6-1-2-7-25(24)28-26;3-2(4,5)1(6)7/h1-11,16,20,30H,12-15,17-18H2,(H,27,28);(H,6,7). The third-order valence-electron chi connectivity index (χ3n) is 6.43. The molecule has 1 saturated heterocycles. The topological polar surface area (TPSA) is 89.4 Å². The van der Waals surface area contributed by atoms with Crippen molar-refractivity contribution in [3.05, 3.63) is 78.4 Å². The predicted molar refractivity (Wildman–Crippen MR) is 136 cm³/mol. The van der Waals surface area contributed by atoms with E-state index in [1.54, 1.807) is 0 Å². The summed E-state index contributed by atoms with van der Waals surface area (Å²) in [5.74, 6) is -1.36. The molecule has 0 aliphatic carbocycles. The Labute approximate surface area is 212 Å². The third kappa shape index (κ3) is 6.96. The molecule has 0 amide bonds. The van der Waals surface area contributed by atoms with Crippen LogP contribution in [0.2, 0.25) is 0 Å². The van der Waals surface area contributed by atoms with Gasteiger partial charge in [0.05, 0.1) is 11.0 Å². The number of rotatable bonds is 5. The molecule has 0 radical (unpaired) electrons. The van der Waals surface area contributed by atoms with Crippen molar-refractivity contribution in [3.8, 4) is 22.5 Å². The monoisotopic (exact) mass is 511 g/mol. The van der Waals surface area contributed by atoms with E-state index in [1.807, 2.05) is 18.2 Å². The number of aliphatic hydroxyl groups is 1. The smallest absolute Gasteiger partial charge is 0.475 e. The van der Waals surface area contributed by atoms with E-state index < -0.39 is 12.1 Å². The Balaban J connectivity index is 0.000000405. The highest BCUT2D eigenvalue weighted by atomic mass is 19.4. The lowest BCUT2D eigenvalue weighted by molar-refractivity contribution is -0.192. The van der Waals surface area contributed by atoms with Gasteiger partial charge in [0.1, 0.15) is 5.82 Å². The van der Waals surface area contributed by atoms with Gasteiger partial charge in [0.25, 0.3) is 0 Å². The number of hydrogen-bond donors (Lipinski definition) is 3. The predicted octanol–water partition coefficient (Wildman–Crippen LogP) is 5.73. The molecular formula is C28H28F3N3O3. The molecule has 3 N–H and O–H groups in total. The number of aliphatic hydroxyl groups excluding tert-OH is 1. The Morgan fingerprint density at radius 3 is 2.22 bits per heavy atom. The molecule has 0 saturated carbocycles. The van der Waals surface area contributed by atoms with Crippen LogP contribution in [0.5, 0.6) is 0 Å². The maximum atomic E-state index is 10.6. The number of carboxylic acids is 1. The fourth-order valence-corrected chi connectivity index (χ4v) is 4.32. The van der Waals surface area contributed by atoms with Crippen LogP contribution in [0.1, 0.15) is 18.4 Å². The van der Waals surface area contributed by atoms with Crippen LogP contribution in [0, 0.1) is 5.92 Å². The van der Waals surface area contributed by atoms with Crippen molar-refractivity contribution >= 4 is 17.0 Å². The largest absolute Gasteiger partial charge is 0.490 e. The van der Waals surface area contributed by atoms with Gasteiger partial charge in [-0.2, -0.15) is 13.2 Å². The second-order valence-electron chi connectivity index (χ2n) is 9.09. The first-order valence-electron chi connectivity index (χ1n) is 12.0. The summed E-state index contributed by atoms with van der Waals surface area (Å²) in [6.45, 7) is 3.46. The molecule has 9 heteroatoms. The van der Waals surface area contributed by atoms with Crippen LogP contribution in [-0.2, 0) is 11.3 Å². The van der Waals surface area contributed by atoms with Crippen LogP contribution in [0.4, 0.5) is 13.2 Å². The van der Waals surface area contributed by atoms with Crippen molar-refractivity contribution in [3.63, 3.8) is 0 Å². The Morgan fingerprint density at radius 2 is 1.59 bits per heavy atom. The van der Waals surface area contributed by atoms with Crippen LogP contribution in [-0.4, -0.2) is 56.9 Å². The van der Waals surface area contributed by atoms with Crippen LogP contribution in [0.3, 0.4) is 0 Å². The van der Waals surface area contributed by atoms with Crippen LogP contribution in [0.25, 0.3) is 33.5 Å². The van der Waals surface area contributed by atoms with Crippen molar-refractivity contribution in [1.82, 2.24) is 14.9 Å². The van der Waals surface area contributed by atoms with Gasteiger partial charge in [0, 0.05) is 18.7 Å². The number of imidazole rings is 1. The second-order valence-corrected chi connectivity index (χ2v) is 9.09. The van der Waals surface area contributed by atoms with Gasteiger partial charge in [-0.1, -0.05) is 54.6 Å². The van der Waals surface area contributed by atoms with Crippen LogP contribution >= 0.6 is 0 Å². The molecule has 1 aromatic heterocycles. The number of H-pyrrole nitrogens is 1. The average molecular weight is 512 g/mol. The normalized spacial score (nSPS) is 14.8. The number of halogens is 3. The number of carboxylic acid groups (broad SMARTS) is 1. The van der Waals surface area contributed by atoms with Crippen LogP contribution in [0.15, 0.2) is 72.8 Å². The van der Waals surface area contributed by atoms with Gasteiger partial charge in [-0.25, -0.2) is 9.78 Å². The Hall–Kier alpha value is -3.69. The fourth-order valence-electron chi connectivity index (χ4n) is 4.32. The number of benzene rings is 3. The number of aromatic amines is 1. The Bertz CT molecular complexity index is 1290. The van der Waals surface area contributed by atoms with E-state index in [1.165, 1.54) is 16.7 Å². The zero-order chi connectivity index (χ0) is 26.4. The number of para-hydroxylation sites is 2. The zero-order valence-corrected chi connectivity index (χ0v) is 20.1. The summed E-state index contributed by atoms with van der Waals surface area (Å²) >= 11 is 0. The molecular weight excluding hydrogens is 483 g/mol. The summed E-state index contributed by atoms with van der Waals surface area (Å²) in [6.07, 6.45) is -2.88. The maximum absolute atomic E-state index is 10.6. The highest BCUT2D eigenvalue weighted by molar-refractivity contribution is 5.80. The van der Waals surface area contributed by atoms with E-state index in [9.17, 15) is 18.3 Å².